The van der Waals surface area contributed by atoms with Crippen LogP contribution in [0.5, 0.6) is 0 Å². The predicted molar refractivity (Wildman–Crippen MR) is 132 cm³/mol. The summed E-state index contributed by atoms with van der Waals surface area (Å²) in [5.74, 6) is -1.74. The smallest absolute Gasteiger partial charge is 0.478 e. The summed E-state index contributed by atoms with van der Waals surface area (Å²) in [6, 6.07) is 13.6. The van der Waals surface area contributed by atoms with Gasteiger partial charge in [0.2, 0.25) is 0 Å². The van der Waals surface area contributed by atoms with Gasteiger partial charge in [-0.15, -0.1) is 0 Å². The molecule has 0 spiro atoms. The van der Waals surface area contributed by atoms with E-state index in [1.807, 2.05) is 58.0 Å². The molecule has 2 aromatic rings. The average Bonchev–Trinajstić information content (AvgIpc) is 3.02. The van der Waals surface area contributed by atoms with E-state index in [-0.39, 0.29) is 18.7 Å². The average molecular weight is 481 g/mol. The second-order valence-corrected chi connectivity index (χ2v) is 9.18. The summed E-state index contributed by atoms with van der Waals surface area (Å²) in [6.07, 6.45) is 3.16. The number of nitrogens with one attached hydrogen (secondary N) is 1. The fraction of sp³-hybridized carbons (Fsp3) is 0.308. The van der Waals surface area contributed by atoms with Crippen LogP contribution in [0.2, 0.25) is 0 Å². The van der Waals surface area contributed by atoms with Crippen LogP contribution in [0.15, 0.2) is 60.1 Å². The van der Waals surface area contributed by atoms with Gasteiger partial charge in [0, 0.05) is 18.2 Å². The SMILES string of the molecule is CC1(C)OB(C(=Cc2ccc(F)c(/C=C/C(=O)O)c2)CNC(=O)OCc2ccccc2)OC1(C)C. The minimum absolute atomic E-state index is 0.0577. The number of hydrogen-bond acceptors (Lipinski definition) is 5. The number of carboxylic acids is 1. The summed E-state index contributed by atoms with van der Waals surface area (Å²) in [7, 11) is -0.766. The number of halogens is 1. The van der Waals surface area contributed by atoms with Crippen molar-refractivity contribution in [1.29, 1.82) is 0 Å². The van der Waals surface area contributed by atoms with Gasteiger partial charge in [0.15, 0.2) is 0 Å². The van der Waals surface area contributed by atoms with E-state index in [0.717, 1.165) is 11.6 Å². The molecule has 184 valence electrons. The summed E-state index contributed by atoms with van der Waals surface area (Å²) in [6.45, 7) is 7.84. The van der Waals surface area contributed by atoms with Crippen molar-refractivity contribution in [2.24, 2.45) is 0 Å². The molecule has 0 bridgehead atoms. The first-order valence-corrected chi connectivity index (χ1v) is 11.2. The Labute approximate surface area is 204 Å². The summed E-state index contributed by atoms with van der Waals surface area (Å²) < 4.78 is 31.7. The Morgan fingerprint density at radius 1 is 1.09 bits per heavy atom. The number of aliphatic carboxylic acids is 1. The molecule has 0 saturated carbocycles. The standard InChI is InChI=1S/C26H29BFNO6/c1-25(2)26(3,4)35-27(34-25)21(16-29-24(32)33-17-18-8-6-5-7-9-18)15-19-10-12-22(28)20(14-19)11-13-23(30)31/h5-15H,16-17H2,1-4H3,(H,29,32)(H,30,31)/b13-11+,21-15?. The molecule has 7 nitrogen and oxygen atoms in total. The number of carbonyl (C=O) groups is 2. The first kappa shape index (κ1) is 26.2. The van der Waals surface area contributed by atoms with Crippen molar-refractivity contribution in [2.45, 2.75) is 45.5 Å². The molecule has 1 heterocycles. The third-order valence-corrected chi connectivity index (χ3v) is 5.98. The number of amides is 1. The fourth-order valence-electron chi connectivity index (χ4n) is 3.30. The van der Waals surface area contributed by atoms with Crippen LogP contribution in [0.25, 0.3) is 12.2 Å². The van der Waals surface area contributed by atoms with Crippen LogP contribution < -0.4 is 5.32 Å². The van der Waals surface area contributed by atoms with Gasteiger partial charge in [0.25, 0.3) is 0 Å². The summed E-state index contributed by atoms with van der Waals surface area (Å²) in [5, 5.41) is 11.6. The molecule has 1 aliphatic heterocycles. The number of benzene rings is 2. The Hall–Kier alpha value is -3.43. The molecule has 3 rings (SSSR count). The molecule has 0 radical (unpaired) electrons. The van der Waals surface area contributed by atoms with Gasteiger partial charge in [-0.1, -0.05) is 42.5 Å². The predicted octanol–water partition coefficient (Wildman–Crippen LogP) is 4.86. The number of alkyl carbamates (subject to hydrolysis) is 1. The highest BCUT2D eigenvalue weighted by atomic mass is 19.1. The highest BCUT2D eigenvalue weighted by molar-refractivity contribution is 6.56. The van der Waals surface area contributed by atoms with E-state index in [1.54, 1.807) is 12.1 Å². The molecular formula is C26H29BFNO6. The number of carboxylic acid groups (broad SMARTS) is 1. The molecular weight excluding hydrogens is 452 g/mol. The minimum atomic E-state index is -1.18. The van der Waals surface area contributed by atoms with Crippen molar-refractivity contribution in [3.05, 3.63) is 82.6 Å². The van der Waals surface area contributed by atoms with Gasteiger partial charge in [-0.3, -0.25) is 0 Å². The molecule has 2 aromatic carbocycles. The molecule has 1 amide bonds. The van der Waals surface area contributed by atoms with Crippen molar-refractivity contribution in [3.8, 4) is 0 Å². The van der Waals surface area contributed by atoms with Crippen molar-refractivity contribution < 1.29 is 33.1 Å². The monoisotopic (exact) mass is 481 g/mol. The summed E-state index contributed by atoms with van der Waals surface area (Å²) in [4.78, 5) is 23.2. The van der Waals surface area contributed by atoms with E-state index < -0.39 is 36.2 Å². The number of ether oxygens (including phenoxy) is 1. The van der Waals surface area contributed by atoms with Crippen LogP contribution in [0, 0.1) is 5.82 Å². The zero-order valence-electron chi connectivity index (χ0n) is 20.2. The number of rotatable bonds is 8. The zero-order valence-corrected chi connectivity index (χ0v) is 20.2. The Morgan fingerprint density at radius 3 is 2.37 bits per heavy atom. The minimum Gasteiger partial charge on any atom is -0.478 e. The van der Waals surface area contributed by atoms with Gasteiger partial charge >= 0.3 is 19.2 Å². The van der Waals surface area contributed by atoms with E-state index in [9.17, 15) is 14.0 Å². The molecule has 0 unspecified atom stereocenters. The van der Waals surface area contributed by atoms with Crippen LogP contribution >= 0.6 is 0 Å². The van der Waals surface area contributed by atoms with Gasteiger partial charge in [0.1, 0.15) is 12.4 Å². The molecule has 1 saturated heterocycles. The van der Waals surface area contributed by atoms with Crippen LogP contribution in [0.1, 0.15) is 44.4 Å². The van der Waals surface area contributed by atoms with E-state index in [1.165, 1.54) is 18.2 Å². The molecule has 9 heteroatoms. The lowest BCUT2D eigenvalue weighted by Gasteiger charge is -2.32. The molecule has 35 heavy (non-hydrogen) atoms. The van der Waals surface area contributed by atoms with Gasteiger partial charge in [-0.2, -0.15) is 0 Å². The second kappa shape index (κ2) is 10.9. The summed E-state index contributed by atoms with van der Waals surface area (Å²) in [5.41, 5.74) is 0.925. The first-order valence-electron chi connectivity index (χ1n) is 11.2. The van der Waals surface area contributed by atoms with E-state index in [2.05, 4.69) is 5.32 Å². The second-order valence-electron chi connectivity index (χ2n) is 9.18. The lowest BCUT2D eigenvalue weighted by atomic mass is 9.77. The zero-order chi connectivity index (χ0) is 25.6. The molecule has 0 atom stereocenters. The number of carbonyl (C=O) groups excluding carboxylic acids is 1. The molecule has 1 fully saturated rings. The molecule has 0 aliphatic carbocycles. The Morgan fingerprint density at radius 2 is 1.74 bits per heavy atom. The Bertz CT molecular complexity index is 1110. The van der Waals surface area contributed by atoms with Gasteiger partial charge in [-0.25, -0.2) is 14.0 Å². The normalized spacial score (nSPS) is 16.9. The highest BCUT2D eigenvalue weighted by Gasteiger charge is 2.52. The van der Waals surface area contributed by atoms with Gasteiger partial charge in [-0.05, 0) is 62.5 Å². The van der Waals surface area contributed by atoms with Crippen molar-refractivity contribution in [1.82, 2.24) is 5.32 Å². The topological polar surface area (TPSA) is 94.1 Å². The van der Waals surface area contributed by atoms with Gasteiger partial charge in [0.05, 0.1) is 11.2 Å². The molecule has 0 aromatic heterocycles. The van der Waals surface area contributed by atoms with E-state index in [0.29, 0.717) is 11.0 Å². The third-order valence-electron chi connectivity index (χ3n) is 5.98. The maximum Gasteiger partial charge on any atom is 0.492 e. The maximum absolute atomic E-state index is 14.2. The van der Waals surface area contributed by atoms with Crippen LogP contribution in [-0.2, 0) is 25.4 Å². The van der Waals surface area contributed by atoms with Crippen molar-refractivity contribution in [3.63, 3.8) is 0 Å². The van der Waals surface area contributed by atoms with Gasteiger partial charge < -0.3 is 24.5 Å². The molecule has 1 aliphatic rings. The lowest BCUT2D eigenvalue weighted by molar-refractivity contribution is -0.131. The maximum atomic E-state index is 14.2. The lowest BCUT2D eigenvalue weighted by Crippen LogP contribution is -2.41. The Balaban J connectivity index is 1.81. The van der Waals surface area contributed by atoms with Crippen LogP contribution in [0.4, 0.5) is 9.18 Å². The third kappa shape index (κ3) is 7.03. The number of hydrogen-bond donors (Lipinski definition) is 2. The highest BCUT2D eigenvalue weighted by Crippen LogP contribution is 2.38. The van der Waals surface area contributed by atoms with Crippen LogP contribution in [-0.4, -0.2) is 42.0 Å². The van der Waals surface area contributed by atoms with Crippen molar-refractivity contribution >= 4 is 31.3 Å². The quantitative estimate of drug-likeness (QED) is 0.413. The fourth-order valence-corrected chi connectivity index (χ4v) is 3.30. The Kier molecular flexibility index (Phi) is 8.14. The largest absolute Gasteiger partial charge is 0.492 e. The van der Waals surface area contributed by atoms with Crippen molar-refractivity contribution in [2.75, 3.05) is 6.54 Å². The first-order chi connectivity index (χ1) is 16.5. The summed E-state index contributed by atoms with van der Waals surface area (Å²) >= 11 is 0. The van der Waals surface area contributed by atoms with E-state index >= 15 is 0 Å². The molecule has 2 N–H and O–H groups in total. The van der Waals surface area contributed by atoms with E-state index in [4.69, 9.17) is 19.2 Å². The van der Waals surface area contributed by atoms with Crippen LogP contribution in [0.3, 0.4) is 0 Å².